The Balaban J connectivity index is 1.63. The fraction of sp³-hybridized carbons (Fsp3) is 0.259. The van der Waals surface area contributed by atoms with E-state index in [9.17, 15) is 14.4 Å². The van der Waals surface area contributed by atoms with E-state index in [1.807, 2.05) is 42.5 Å². The summed E-state index contributed by atoms with van der Waals surface area (Å²) in [5.74, 6) is -1.10. The number of ether oxygens (including phenoxy) is 2. The van der Waals surface area contributed by atoms with Crippen LogP contribution in [0.3, 0.4) is 0 Å². The van der Waals surface area contributed by atoms with Crippen LogP contribution in [0.15, 0.2) is 66.9 Å². The molecule has 4 rings (SSSR count). The summed E-state index contributed by atoms with van der Waals surface area (Å²) >= 11 is 0. The summed E-state index contributed by atoms with van der Waals surface area (Å²) < 4.78 is 11.9. The SMILES string of the molecule is COC(=O)[C@@H](Cc1cn(C(=O)OC(C)(C)C)c2ccccc12)NC(=O)c1ccc2ccccc2n1. The van der Waals surface area contributed by atoms with Crippen molar-refractivity contribution in [2.24, 2.45) is 0 Å². The lowest BCUT2D eigenvalue weighted by Gasteiger charge is -2.19. The maximum atomic E-state index is 13.0. The summed E-state index contributed by atoms with van der Waals surface area (Å²) in [5.41, 5.74) is 1.53. The average Bonchev–Trinajstić information content (AvgIpc) is 3.20. The van der Waals surface area contributed by atoms with E-state index in [2.05, 4.69) is 10.3 Å². The molecule has 0 bridgehead atoms. The number of hydrogen-bond acceptors (Lipinski definition) is 6. The van der Waals surface area contributed by atoms with Gasteiger partial charge in [-0.25, -0.2) is 14.6 Å². The quantitative estimate of drug-likeness (QED) is 0.429. The van der Waals surface area contributed by atoms with Crippen molar-refractivity contribution in [2.45, 2.75) is 38.8 Å². The smallest absolute Gasteiger partial charge is 0.419 e. The molecule has 4 aromatic rings. The van der Waals surface area contributed by atoms with E-state index >= 15 is 0 Å². The van der Waals surface area contributed by atoms with Gasteiger partial charge in [-0.2, -0.15) is 0 Å². The first-order valence-corrected chi connectivity index (χ1v) is 11.2. The predicted molar refractivity (Wildman–Crippen MR) is 132 cm³/mol. The Bertz CT molecular complexity index is 1420. The number of fused-ring (bicyclic) bond motifs is 2. The van der Waals surface area contributed by atoms with E-state index in [1.165, 1.54) is 11.7 Å². The van der Waals surface area contributed by atoms with Crippen LogP contribution < -0.4 is 5.32 Å². The number of esters is 1. The fourth-order valence-electron chi connectivity index (χ4n) is 3.86. The fourth-order valence-corrected chi connectivity index (χ4v) is 3.86. The van der Waals surface area contributed by atoms with Gasteiger partial charge in [-0.05, 0) is 44.5 Å². The maximum Gasteiger partial charge on any atom is 0.419 e. The first-order chi connectivity index (χ1) is 16.7. The van der Waals surface area contributed by atoms with E-state index in [-0.39, 0.29) is 12.1 Å². The highest BCUT2D eigenvalue weighted by Gasteiger charge is 2.27. The molecule has 0 aliphatic rings. The van der Waals surface area contributed by atoms with Gasteiger partial charge in [0.2, 0.25) is 0 Å². The molecule has 1 N–H and O–H groups in total. The monoisotopic (exact) mass is 473 g/mol. The number of para-hydroxylation sites is 2. The van der Waals surface area contributed by atoms with Crippen molar-refractivity contribution in [2.75, 3.05) is 7.11 Å². The number of pyridine rings is 1. The lowest BCUT2D eigenvalue weighted by molar-refractivity contribution is -0.142. The Morgan fingerprint density at radius 3 is 2.46 bits per heavy atom. The zero-order valence-electron chi connectivity index (χ0n) is 20.1. The normalized spacial score (nSPS) is 12.3. The summed E-state index contributed by atoms with van der Waals surface area (Å²) in [5, 5.41) is 4.41. The number of benzene rings is 2. The van der Waals surface area contributed by atoms with Crippen LogP contribution in [-0.4, -0.2) is 46.3 Å². The van der Waals surface area contributed by atoms with Crippen LogP contribution in [0, 0.1) is 0 Å². The van der Waals surface area contributed by atoms with Crippen LogP contribution in [0.25, 0.3) is 21.8 Å². The van der Waals surface area contributed by atoms with E-state index in [0.717, 1.165) is 10.8 Å². The molecule has 0 radical (unpaired) electrons. The number of aromatic nitrogens is 2. The van der Waals surface area contributed by atoms with Gasteiger partial charge in [-0.15, -0.1) is 0 Å². The van der Waals surface area contributed by atoms with Crippen molar-refractivity contribution >= 4 is 39.8 Å². The van der Waals surface area contributed by atoms with Gasteiger partial charge in [0.05, 0.1) is 18.1 Å². The van der Waals surface area contributed by atoms with Gasteiger partial charge in [0, 0.05) is 23.4 Å². The van der Waals surface area contributed by atoms with E-state index in [0.29, 0.717) is 16.6 Å². The number of carbonyl (C=O) groups is 3. The second-order valence-corrected chi connectivity index (χ2v) is 9.16. The molecule has 180 valence electrons. The highest BCUT2D eigenvalue weighted by atomic mass is 16.6. The first-order valence-electron chi connectivity index (χ1n) is 11.2. The van der Waals surface area contributed by atoms with Crippen LogP contribution in [0.4, 0.5) is 4.79 Å². The van der Waals surface area contributed by atoms with Crippen molar-refractivity contribution in [3.63, 3.8) is 0 Å². The van der Waals surface area contributed by atoms with E-state index in [4.69, 9.17) is 9.47 Å². The molecule has 8 nitrogen and oxygen atoms in total. The molecule has 0 aliphatic heterocycles. The number of methoxy groups -OCH3 is 1. The minimum atomic E-state index is -0.987. The summed E-state index contributed by atoms with van der Waals surface area (Å²) in [6.07, 6.45) is 1.22. The maximum absolute atomic E-state index is 13.0. The number of carbonyl (C=O) groups excluding carboxylic acids is 3. The summed E-state index contributed by atoms with van der Waals surface area (Å²) in [6.45, 7) is 5.38. The third-order valence-electron chi connectivity index (χ3n) is 5.43. The van der Waals surface area contributed by atoms with Gasteiger partial charge in [0.25, 0.3) is 5.91 Å². The Morgan fingerprint density at radius 1 is 1.00 bits per heavy atom. The number of nitrogens with one attached hydrogen (secondary N) is 1. The third-order valence-corrected chi connectivity index (χ3v) is 5.43. The zero-order chi connectivity index (χ0) is 25.2. The molecule has 1 atom stereocenters. The molecule has 0 unspecified atom stereocenters. The molecule has 2 heterocycles. The standard InChI is InChI=1S/C27H27N3O5/c1-27(2,3)35-26(33)30-16-18(19-10-6-8-12-23(19)30)15-22(25(32)34-4)29-24(31)21-14-13-17-9-5-7-11-20(17)28-21/h5-14,16,22H,15H2,1-4H3,(H,29,31)/t22-/m1/s1. The average molecular weight is 474 g/mol. The molecule has 0 aliphatic carbocycles. The second-order valence-electron chi connectivity index (χ2n) is 9.16. The van der Waals surface area contributed by atoms with Crippen molar-refractivity contribution in [3.05, 3.63) is 78.1 Å². The number of hydrogen-bond donors (Lipinski definition) is 1. The number of rotatable bonds is 5. The highest BCUT2D eigenvalue weighted by molar-refractivity contribution is 5.98. The van der Waals surface area contributed by atoms with Gasteiger partial charge >= 0.3 is 12.1 Å². The van der Waals surface area contributed by atoms with E-state index in [1.54, 1.807) is 45.2 Å². The van der Waals surface area contributed by atoms with Crippen LogP contribution in [0.5, 0.6) is 0 Å². The van der Waals surface area contributed by atoms with E-state index < -0.39 is 29.6 Å². The molecule has 1 amide bonds. The Labute approximate surface area is 202 Å². The van der Waals surface area contributed by atoms with Gasteiger partial charge in [-0.1, -0.05) is 42.5 Å². The van der Waals surface area contributed by atoms with Crippen molar-refractivity contribution in [3.8, 4) is 0 Å². The van der Waals surface area contributed by atoms with Gasteiger partial charge in [-0.3, -0.25) is 9.36 Å². The molecule has 8 heteroatoms. The molecule has 0 fully saturated rings. The van der Waals surface area contributed by atoms with Gasteiger partial charge < -0.3 is 14.8 Å². The molecule has 0 spiro atoms. The minimum absolute atomic E-state index is 0.113. The van der Waals surface area contributed by atoms with Crippen molar-refractivity contribution in [1.82, 2.24) is 14.9 Å². The lowest BCUT2D eigenvalue weighted by atomic mass is 10.0. The first kappa shape index (κ1) is 23.9. The van der Waals surface area contributed by atoms with Crippen LogP contribution in [-0.2, 0) is 20.7 Å². The Morgan fingerprint density at radius 2 is 1.71 bits per heavy atom. The van der Waals surface area contributed by atoms with Crippen molar-refractivity contribution < 1.29 is 23.9 Å². The van der Waals surface area contributed by atoms with Gasteiger partial charge in [0.15, 0.2) is 0 Å². The molecule has 0 saturated carbocycles. The Kier molecular flexibility index (Phi) is 6.55. The van der Waals surface area contributed by atoms with Crippen molar-refractivity contribution in [1.29, 1.82) is 0 Å². The molecule has 0 saturated heterocycles. The number of nitrogens with zero attached hydrogens (tertiary/aromatic N) is 2. The molecule has 35 heavy (non-hydrogen) atoms. The number of amides is 1. The second kappa shape index (κ2) is 9.58. The third kappa shape index (κ3) is 5.32. The molecule has 2 aromatic carbocycles. The topological polar surface area (TPSA) is 99.5 Å². The Hall–Kier alpha value is -4.20. The zero-order valence-corrected chi connectivity index (χ0v) is 20.1. The molecular formula is C27H27N3O5. The highest BCUT2D eigenvalue weighted by Crippen LogP contribution is 2.24. The van der Waals surface area contributed by atoms with Gasteiger partial charge in [0.1, 0.15) is 17.3 Å². The lowest BCUT2D eigenvalue weighted by Crippen LogP contribution is -2.43. The molecular weight excluding hydrogens is 446 g/mol. The van der Waals surface area contributed by atoms with Crippen LogP contribution in [0.2, 0.25) is 0 Å². The predicted octanol–water partition coefficient (Wildman–Crippen LogP) is 4.49. The van der Waals surface area contributed by atoms with Crippen LogP contribution in [0.1, 0.15) is 36.8 Å². The summed E-state index contributed by atoms with van der Waals surface area (Å²) in [7, 11) is 1.26. The summed E-state index contributed by atoms with van der Waals surface area (Å²) in [6, 6.07) is 17.2. The minimum Gasteiger partial charge on any atom is -0.467 e. The summed E-state index contributed by atoms with van der Waals surface area (Å²) in [4.78, 5) is 42.8. The largest absolute Gasteiger partial charge is 0.467 e. The molecule has 2 aromatic heterocycles. The van der Waals surface area contributed by atoms with Crippen LogP contribution >= 0.6 is 0 Å².